The third-order valence-electron chi connectivity index (χ3n) is 3.88. The molecule has 0 aliphatic carbocycles. The van der Waals surface area contributed by atoms with Crippen molar-refractivity contribution in [1.82, 2.24) is 15.2 Å². The highest BCUT2D eigenvalue weighted by atomic mass is 32.1. The van der Waals surface area contributed by atoms with E-state index in [9.17, 15) is 0 Å². The van der Waals surface area contributed by atoms with Crippen LogP contribution >= 0.6 is 11.3 Å². The van der Waals surface area contributed by atoms with Crippen LogP contribution in [0.5, 0.6) is 0 Å². The van der Waals surface area contributed by atoms with Crippen LogP contribution in [0.2, 0.25) is 0 Å². The van der Waals surface area contributed by atoms with Gasteiger partial charge in [0.1, 0.15) is 0 Å². The number of rotatable bonds is 5. The molecule has 1 N–H and O–H groups in total. The van der Waals surface area contributed by atoms with E-state index >= 15 is 0 Å². The lowest BCUT2D eigenvalue weighted by Gasteiger charge is -2.34. The quantitative estimate of drug-likeness (QED) is 0.887. The van der Waals surface area contributed by atoms with E-state index in [2.05, 4.69) is 41.5 Å². The zero-order valence-corrected chi connectivity index (χ0v) is 12.6. The van der Waals surface area contributed by atoms with Crippen molar-refractivity contribution in [3.63, 3.8) is 0 Å². The van der Waals surface area contributed by atoms with E-state index in [1.165, 1.54) is 36.6 Å². The Labute approximate surface area is 115 Å². The van der Waals surface area contributed by atoms with Crippen LogP contribution in [0.15, 0.2) is 5.38 Å². The van der Waals surface area contributed by atoms with Gasteiger partial charge in [0.05, 0.1) is 10.7 Å². The summed E-state index contributed by atoms with van der Waals surface area (Å²) in [5.41, 5.74) is 1.23. The summed E-state index contributed by atoms with van der Waals surface area (Å²) in [6.45, 7) is 7.95. The Hall–Kier alpha value is -0.450. The molecular weight excluding hydrogens is 242 g/mol. The molecule has 1 fully saturated rings. The van der Waals surface area contributed by atoms with Gasteiger partial charge >= 0.3 is 0 Å². The van der Waals surface area contributed by atoms with Crippen molar-refractivity contribution in [3.8, 4) is 0 Å². The fourth-order valence-corrected chi connectivity index (χ4v) is 3.38. The van der Waals surface area contributed by atoms with Gasteiger partial charge in [-0.05, 0) is 46.2 Å². The van der Waals surface area contributed by atoms with Gasteiger partial charge in [-0.1, -0.05) is 0 Å². The molecule has 4 heteroatoms. The van der Waals surface area contributed by atoms with Gasteiger partial charge in [-0.3, -0.25) is 0 Å². The minimum absolute atomic E-state index is 0.618. The van der Waals surface area contributed by atoms with Crippen LogP contribution < -0.4 is 5.32 Å². The van der Waals surface area contributed by atoms with E-state index in [4.69, 9.17) is 0 Å². The number of nitrogens with one attached hydrogen (secondary N) is 1. The maximum Gasteiger partial charge on any atom is 0.0897 e. The van der Waals surface area contributed by atoms with Gasteiger partial charge in [-0.2, -0.15) is 0 Å². The molecular formula is C14H25N3S. The number of aromatic nitrogens is 1. The van der Waals surface area contributed by atoms with Crippen molar-refractivity contribution in [1.29, 1.82) is 0 Å². The molecule has 0 saturated carbocycles. The summed E-state index contributed by atoms with van der Waals surface area (Å²) in [5.74, 6) is 0.806. The summed E-state index contributed by atoms with van der Waals surface area (Å²) in [5, 5.41) is 7.02. The van der Waals surface area contributed by atoms with Gasteiger partial charge in [-0.15, -0.1) is 11.3 Å². The lowest BCUT2D eigenvalue weighted by molar-refractivity contribution is 0.179. The highest BCUT2D eigenvalue weighted by molar-refractivity contribution is 7.09. The maximum atomic E-state index is 4.50. The topological polar surface area (TPSA) is 28.2 Å². The third kappa shape index (κ3) is 4.04. The first-order valence-corrected chi connectivity index (χ1v) is 7.86. The first-order chi connectivity index (χ1) is 8.65. The van der Waals surface area contributed by atoms with Gasteiger partial charge in [0.25, 0.3) is 0 Å². The molecule has 1 aliphatic rings. The van der Waals surface area contributed by atoms with E-state index in [0.29, 0.717) is 6.04 Å². The van der Waals surface area contributed by atoms with Crippen LogP contribution in [0.1, 0.15) is 30.5 Å². The Balaban J connectivity index is 1.69. The predicted molar refractivity (Wildman–Crippen MR) is 78.2 cm³/mol. The van der Waals surface area contributed by atoms with Crippen molar-refractivity contribution in [3.05, 3.63) is 16.1 Å². The highest BCUT2D eigenvalue weighted by Crippen LogP contribution is 2.18. The summed E-state index contributed by atoms with van der Waals surface area (Å²) in [6.07, 6.45) is 3.77. The number of hydrogen-bond acceptors (Lipinski definition) is 4. The lowest BCUT2D eigenvalue weighted by Crippen LogP contribution is -2.43. The predicted octanol–water partition coefficient (Wildman–Crippen LogP) is 2.31. The first kappa shape index (κ1) is 14.0. The second kappa shape index (κ2) is 6.64. The molecule has 0 radical (unpaired) electrons. The molecule has 1 saturated heterocycles. The average Bonchev–Trinajstić information content (AvgIpc) is 2.75. The van der Waals surface area contributed by atoms with Crippen molar-refractivity contribution in [2.24, 2.45) is 5.92 Å². The molecule has 2 atom stereocenters. The Morgan fingerprint density at radius 3 is 3.11 bits per heavy atom. The van der Waals surface area contributed by atoms with Crippen molar-refractivity contribution < 1.29 is 0 Å². The third-order valence-corrected chi connectivity index (χ3v) is 4.70. The molecule has 102 valence electrons. The van der Waals surface area contributed by atoms with Gasteiger partial charge < -0.3 is 10.2 Å². The van der Waals surface area contributed by atoms with E-state index in [1.807, 2.05) is 0 Å². The van der Waals surface area contributed by atoms with Crippen LogP contribution in [0.3, 0.4) is 0 Å². The van der Waals surface area contributed by atoms with Gasteiger partial charge in [0.2, 0.25) is 0 Å². The molecule has 0 bridgehead atoms. The highest BCUT2D eigenvalue weighted by Gasteiger charge is 2.22. The minimum atomic E-state index is 0.618. The summed E-state index contributed by atoms with van der Waals surface area (Å²) < 4.78 is 0. The molecule has 3 nitrogen and oxygen atoms in total. The zero-order chi connectivity index (χ0) is 13.0. The Bertz CT molecular complexity index is 364. The summed E-state index contributed by atoms with van der Waals surface area (Å²) in [4.78, 5) is 6.96. The molecule has 1 aromatic rings. The fourth-order valence-electron chi connectivity index (χ4n) is 2.73. The normalized spacial score (nSPS) is 23.2. The second-order valence-corrected chi connectivity index (χ2v) is 6.58. The molecule has 1 aromatic heterocycles. The largest absolute Gasteiger partial charge is 0.314 e. The number of likely N-dealkylation sites (tertiary alicyclic amines) is 1. The molecule has 0 spiro atoms. The number of thiazole rings is 1. The molecule has 2 heterocycles. The van der Waals surface area contributed by atoms with Crippen molar-refractivity contribution in [2.45, 2.75) is 39.2 Å². The lowest BCUT2D eigenvalue weighted by atomic mass is 9.92. The van der Waals surface area contributed by atoms with Crippen LogP contribution in [0.4, 0.5) is 0 Å². The number of hydrogen-bond donors (Lipinski definition) is 1. The fraction of sp³-hybridized carbons (Fsp3) is 0.786. The van der Waals surface area contributed by atoms with Gasteiger partial charge in [-0.25, -0.2) is 4.98 Å². The monoisotopic (exact) mass is 267 g/mol. The van der Waals surface area contributed by atoms with Gasteiger partial charge in [0, 0.05) is 30.9 Å². The Morgan fingerprint density at radius 2 is 2.44 bits per heavy atom. The maximum absolute atomic E-state index is 4.50. The summed E-state index contributed by atoms with van der Waals surface area (Å²) in [7, 11) is 2.23. The smallest absolute Gasteiger partial charge is 0.0897 e. The molecule has 2 unspecified atom stereocenters. The Morgan fingerprint density at radius 1 is 1.61 bits per heavy atom. The first-order valence-electron chi connectivity index (χ1n) is 6.98. The van der Waals surface area contributed by atoms with Crippen LogP contribution in [-0.4, -0.2) is 42.6 Å². The molecule has 0 aromatic carbocycles. The Kier molecular flexibility index (Phi) is 5.15. The molecule has 18 heavy (non-hydrogen) atoms. The zero-order valence-electron chi connectivity index (χ0n) is 11.8. The second-order valence-electron chi connectivity index (χ2n) is 5.52. The van der Waals surface area contributed by atoms with E-state index in [-0.39, 0.29) is 0 Å². The number of piperidine rings is 1. The van der Waals surface area contributed by atoms with E-state index in [0.717, 1.165) is 18.9 Å². The van der Waals surface area contributed by atoms with Crippen LogP contribution in [0, 0.1) is 12.8 Å². The molecule has 2 rings (SSSR count). The van der Waals surface area contributed by atoms with Crippen molar-refractivity contribution >= 4 is 11.3 Å². The van der Waals surface area contributed by atoms with Gasteiger partial charge in [0.15, 0.2) is 0 Å². The SMILES string of the molecule is Cc1nc(CCNC(C)C2CCCN(C)C2)cs1. The van der Waals surface area contributed by atoms with Crippen LogP contribution in [-0.2, 0) is 6.42 Å². The average molecular weight is 267 g/mol. The van der Waals surface area contributed by atoms with Crippen molar-refractivity contribution in [2.75, 3.05) is 26.7 Å². The minimum Gasteiger partial charge on any atom is -0.314 e. The van der Waals surface area contributed by atoms with Crippen LogP contribution in [0.25, 0.3) is 0 Å². The summed E-state index contributed by atoms with van der Waals surface area (Å²) >= 11 is 1.75. The summed E-state index contributed by atoms with van der Waals surface area (Å²) in [6, 6.07) is 0.618. The number of aryl methyl sites for hydroxylation is 1. The molecule has 1 aliphatic heterocycles. The standard InChI is InChI=1S/C14H25N3S/c1-11(13-5-4-8-17(3)9-13)15-7-6-14-10-18-12(2)16-14/h10-11,13,15H,4-9H2,1-3H3. The van der Waals surface area contributed by atoms with E-state index < -0.39 is 0 Å². The van der Waals surface area contributed by atoms with E-state index in [1.54, 1.807) is 11.3 Å². The number of nitrogens with zero attached hydrogens (tertiary/aromatic N) is 2. The molecule has 0 amide bonds.